The number of ether oxygens (including phenoxy) is 2. The van der Waals surface area contributed by atoms with Gasteiger partial charge in [-0.05, 0) is 48.5 Å². The Labute approximate surface area is 184 Å². The summed E-state index contributed by atoms with van der Waals surface area (Å²) < 4.78 is 10.6. The summed E-state index contributed by atoms with van der Waals surface area (Å²) in [6, 6.07) is 23.5. The average Bonchev–Trinajstić information content (AvgIpc) is 3.04. The Balaban J connectivity index is 1.74. The summed E-state index contributed by atoms with van der Waals surface area (Å²) in [7, 11) is 3.12. The number of para-hydroxylation sites is 2. The number of benzene rings is 3. The third-order valence-corrected chi connectivity index (χ3v) is 5.79. The number of carbonyl (C=O) groups is 2. The molecule has 0 saturated heterocycles. The van der Waals surface area contributed by atoms with E-state index in [1.165, 1.54) is 16.7 Å². The van der Waals surface area contributed by atoms with Gasteiger partial charge < -0.3 is 14.8 Å². The Kier molecular flexibility index (Phi) is 5.95. The van der Waals surface area contributed by atoms with E-state index in [0.29, 0.717) is 27.8 Å². The Morgan fingerprint density at radius 3 is 2.13 bits per heavy atom. The molecule has 0 saturated carbocycles. The number of anilines is 2. The molecular weight excluding hydrogens is 412 g/mol. The smallest absolute Gasteiger partial charge is 0.283 e. The summed E-state index contributed by atoms with van der Waals surface area (Å²) in [6.45, 7) is 0. The van der Waals surface area contributed by atoms with Crippen molar-refractivity contribution >= 4 is 35.0 Å². The van der Waals surface area contributed by atoms with E-state index in [0.717, 1.165) is 4.90 Å². The number of methoxy groups -OCH3 is 2. The largest absolute Gasteiger partial charge is 0.497 e. The van der Waals surface area contributed by atoms with Crippen LogP contribution in [-0.4, -0.2) is 26.0 Å². The van der Waals surface area contributed by atoms with Crippen molar-refractivity contribution in [1.29, 1.82) is 0 Å². The highest BCUT2D eigenvalue weighted by atomic mass is 32.2. The Morgan fingerprint density at radius 2 is 1.45 bits per heavy atom. The fraction of sp³-hybridized carbons (Fsp3) is 0.0833. The van der Waals surface area contributed by atoms with Gasteiger partial charge in [0.1, 0.15) is 22.1 Å². The number of hydrogen-bond acceptors (Lipinski definition) is 6. The zero-order valence-corrected chi connectivity index (χ0v) is 17.8. The summed E-state index contributed by atoms with van der Waals surface area (Å²) in [5, 5.41) is 3.13. The lowest BCUT2D eigenvalue weighted by Gasteiger charge is -2.16. The summed E-state index contributed by atoms with van der Waals surface area (Å²) in [4.78, 5) is 29.1. The maximum Gasteiger partial charge on any atom is 0.283 e. The third kappa shape index (κ3) is 4.13. The second-order valence-corrected chi connectivity index (χ2v) is 7.67. The van der Waals surface area contributed by atoms with E-state index in [4.69, 9.17) is 9.47 Å². The molecule has 31 heavy (non-hydrogen) atoms. The normalized spacial score (nSPS) is 13.5. The van der Waals surface area contributed by atoms with Gasteiger partial charge in [0.05, 0.1) is 25.6 Å². The maximum absolute atomic E-state index is 13.4. The number of thioether (sulfide) groups is 1. The van der Waals surface area contributed by atoms with Crippen LogP contribution >= 0.6 is 11.8 Å². The van der Waals surface area contributed by atoms with E-state index in [-0.39, 0.29) is 11.6 Å². The van der Waals surface area contributed by atoms with Crippen LogP contribution in [0, 0.1) is 0 Å². The molecule has 0 atom stereocenters. The van der Waals surface area contributed by atoms with Crippen molar-refractivity contribution in [3.05, 3.63) is 89.5 Å². The first-order valence-electron chi connectivity index (χ1n) is 9.52. The van der Waals surface area contributed by atoms with Crippen LogP contribution in [0.15, 0.2) is 94.4 Å². The number of nitrogens with one attached hydrogen (secondary N) is 1. The van der Waals surface area contributed by atoms with E-state index in [1.807, 2.05) is 42.5 Å². The van der Waals surface area contributed by atoms with Crippen LogP contribution in [-0.2, 0) is 9.59 Å². The molecule has 7 heteroatoms. The van der Waals surface area contributed by atoms with Gasteiger partial charge in [-0.1, -0.05) is 42.1 Å². The molecule has 156 valence electrons. The summed E-state index contributed by atoms with van der Waals surface area (Å²) in [5.41, 5.74) is 1.28. The molecule has 0 radical (unpaired) electrons. The van der Waals surface area contributed by atoms with Crippen molar-refractivity contribution in [2.24, 2.45) is 0 Å². The highest BCUT2D eigenvalue weighted by Crippen LogP contribution is 2.39. The standard InChI is InChI=1S/C24H20N2O4S/c1-29-17-14-12-16(13-15-17)26-23(27)21(25-19-10-6-7-11-20(19)30-2)22(24(26)28)31-18-8-4-3-5-9-18/h3-15,25H,1-2H3. The molecule has 0 spiro atoms. The van der Waals surface area contributed by atoms with Crippen molar-refractivity contribution < 1.29 is 19.1 Å². The van der Waals surface area contributed by atoms with Gasteiger partial charge in [-0.3, -0.25) is 9.59 Å². The first kappa shape index (κ1) is 20.6. The van der Waals surface area contributed by atoms with Gasteiger partial charge in [-0.25, -0.2) is 4.90 Å². The van der Waals surface area contributed by atoms with Gasteiger partial charge >= 0.3 is 0 Å². The van der Waals surface area contributed by atoms with Crippen molar-refractivity contribution in [2.45, 2.75) is 4.90 Å². The van der Waals surface area contributed by atoms with E-state index in [2.05, 4.69) is 5.32 Å². The predicted octanol–water partition coefficient (Wildman–Crippen LogP) is 4.69. The number of carbonyl (C=O) groups excluding carboxylic acids is 2. The Hall–Kier alpha value is -3.71. The van der Waals surface area contributed by atoms with Crippen LogP contribution in [0.2, 0.25) is 0 Å². The SMILES string of the molecule is COc1ccc(N2C(=O)C(Nc3ccccc3OC)=C(Sc3ccccc3)C2=O)cc1. The third-order valence-electron chi connectivity index (χ3n) is 4.70. The second kappa shape index (κ2) is 8.97. The average molecular weight is 433 g/mol. The summed E-state index contributed by atoms with van der Waals surface area (Å²) >= 11 is 1.25. The van der Waals surface area contributed by atoms with Crippen molar-refractivity contribution in [3.8, 4) is 11.5 Å². The first-order valence-corrected chi connectivity index (χ1v) is 10.3. The van der Waals surface area contributed by atoms with Gasteiger partial charge in [0.25, 0.3) is 11.8 Å². The molecule has 3 aromatic rings. The first-order chi connectivity index (χ1) is 15.1. The molecule has 0 aliphatic carbocycles. The molecule has 1 aliphatic rings. The summed E-state index contributed by atoms with van der Waals surface area (Å²) in [5.74, 6) is 0.394. The highest BCUT2D eigenvalue weighted by molar-refractivity contribution is 8.04. The minimum absolute atomic E-state index is 0.208. The van der Waals surface area contributed by atoms with Crippen molar-refractivity contribution in [1.82, 2.24) is 0 Å². The molecule has 1 heterocycles. The maximum atomic E-state index is 13.4. The molecule has 0 unspecified atom stereocenters. The zero-order valence-electron chi connectivity index (χ0n) is 17.0. The minimum Gasteiger partial charge on any atom is -0.497 e. The molecule has 3 aromatic carbocycles. The monoisotopic (exact) mass is 432 g/mol. The van der Waals surface area contributed by atoms with Crippen LogP contribution < -0.4 is 19.7 Å². The molecule has 0 fully saturated rings. The fourth-order valence-corrected chi connectivity index (χ4v) is 4.12. The quantitative estimate of drug-likeness (QED) is 0.546. The van der Waals surface area contributed by atoms with Crippen LogP contribution in [0.5, 0.6) is 11.5 Å². The molecule has 1 aliphatic heterocycles. The van der Waals surface area contributed by atoms with Gasteiger partial charge in [0.15, 0.2) is 0 Å². The van der Waals surface area contributed by atoms with Crippen LogP contribution in [0.25, 0.3) is 0 Å². The fourth-order valence-electron chi connectivity index (χ4n) is 3.17. The summed E-state index contributed by atoms with van der Waals surface area (Å²) in [6.07, 6.45) is 0. The predicted molar refractivity (Wildman–Crippen MR) is 121 cm³/mol. The minimum atomic E-state index is -0.431. The molecular formula is C24H20N2O4S. The second-order valence-electron chi connectivity index (χ2n) is 6.59. The molecule has 6 nitrogen and oxygen atoms in total. The highest BCUT2D eigenvalue weighted by Gasteiger charge is 2.40. The van der Waals surface area contributed by atoms with E-state index >= 15 is 0 Å². The Bertz CT molecular complexity index is 1140. The number of nitrogens with zero attached hydrogens (tertiary/aromatic N) is 1. The van der Waals surface area contributed by atoms with Crippen LogP contribution in [0.1, 0.15) is 0 Å². The van der Waals surface area contributed by atoms with Crippen LogP contribution in [0.3, 0.4) is 0 Å². The number of amides is 2. The van der Waals surface area contributed by atoms with Gasteiger partial charge in [-0.2, -0.15) is 0 Å². The molecule has 4 rings (SSSR count). The van der Waals surface area contributed by atoms with E-state index < -0.39 is 5.91 Å². The van der Waals surface area contributed by atoms with Crippen molar-refractivity contribution in [3.63, 3.8) is 0 Å². The number of rotatable bonds is 7. The molecule has 0 bridgehead atoms. The molecule has 0 aromatic heterocycles. The van der Waals surface area contributed by atoms with Gasteiger partial charge in [-0.15, -0.1) is 0 Å². The van der Waals surface area contributed by atoms with Gasteiger partial charge in [0, 0.05) is 4.90 Å². The molecule has 2 amide bonds. The van der Waals surface area contributed by atoms with Crippen LogP contribution in [0.4, 0.5) is 11.4 Å². The van der Waals surface area contributed by atoms with Gasteiger partial charge in [0.2, 0.25) is 0 Å². The number of imide groups is 1. The topological polar surface area (TPSA) is 67.9 Å². The number of hydrogen-bond donors (Lipinski definition) is 1. The zero-order chi connectivity index (χ0) is 21.8. The van der Waals surface area contributed by atoms with Crippen molar-refractivity contribution in [2.75, 3.05) is 24.4 Å². The molecule has 1 N–H and O–H groups in total. The lowest BCUT2D eigenvalue weighted by atomic mass is 10.2. The van der Waals surface area contributed by atoms with E-state index in [9.17, 15) is 9.59 Å². The Morgan fingerprint density at radius 1 is 0.774 bits per heavy atom. The van der Waals surface area contributed by atoms with E-state index in [1.54, 1.807) is 50.6 Å². The lowest BCUT2D eigenvalue weighted by Crippen LogP contribution is -2.32. The lowest BCUT2D eigenvalue weighted by molar-refractivity contribution is -0.120.